The summed E-state index contributed by atoms with van der Waals surface area (Å²) in [5.74, 6) is 0.876. The molecule has 4 heteroatoms. The molecule has 0 amide bonds. The summed E-state index contributed by atoms with van der Waals surface area (Å²) in [5.41, 5.74) is 1.72. The maximum absolute atomic E-state index is 11.7. The van der Waals surface area contributed by atoms with E-state index in [1.165, 1.54) is 0 Å². The topological polar surface area (TPSA) is 54.1 Å². The predicted octanol–water partition coefficient (Wildman–Crippen LogP) is 2.82. The Bertz CT molecular complexity index is 546. The fourth-order valence-corrected chi connectivity index (χ4v) is 2.07. The van der Waals surface area contributed by atoms with Crippen LogP contribution in [0.4, 0.5) is 5.82 Å². The number of ketones is 1. The number of para-hydroxylation sites is 1. The predicted molar refractivity (Wildman–Crippen MR) is 73.3 cm³/mol. The van der Waals surface area contributed by atoms with Gasteiger partial charge >= 0.3 is 0 Å². The Hall–Kier alpha value is -1.81. The standard InChI is InChI=1S/C14H18N2O2/c1-10(17)13-11-6-3-4-7-12(11)16-14(13)15-8-5-9-18-2/h3-4,6-7,15-16H,5,8-9H2,1-2H3. The Morgan fingerprint density at radius 3 is 2.89 bits per heavy atom. The van der Waals surface area contributed by atoms with Crippen LogP contribution in [-0.4, -0.2) is 31.0 Å². The third-order valence-electron chi connectivity index (χ3n) is 2.89. The second-order valence-electron chi connectivity index (χ2n) is 4.25. The Morgan fingerprint density at radius 2 is 2.17 bits per heavy atom. The van der Waals surface area contributed by atoms with E-state index in [-0.39, 0.29) is 5.78 Å². The molecule has 2 N–H and O–H groups in total. The zero-order valence-corrected chi connectivity index (χ0v) is 10.7. The van der Waals surface area contributed by atoms with Crippen molar-refractivity contribution in [2.24, 2.45) is 0 Å². The van der Waals surface area contributed by atoms with Crippen molar-refractivity contribution < 1.29 is 9.53 Å². The largest absolute Gasteiger partial charge is 0.385 e. The van der Waals surface area contributed by atoms with Gasteiger partial charge in [-0.1, -0.05) is 18.2 Å². The molecule has 0 radical (unpaired) electrons. The van der Waals surface area contributed by atoms with Gasteiger partial charge in [-0.3, -0.25) is 4.79 Å². The molecule has 1 aromatic carbocycles. The number of H-pyrrole nitrogens is 1. The van der Waals surface area contributed by atoms with Crippen molar-refractivity contribution in [2.45, 2.75) is 13.3 Å². The van der Waals surface area contributed by atoms with E-state index >= 15 is 0 Å². The van der Waals surface area contributed by atoms with Crippen molar-refractivity contribution in [3.05, 3.63) is 29.8 Å². The fourth-order valence-electron chi connectivity index (χ4n) is 2.07. The summed E-state index contributed by atoms with van der Waals surface area (Å²) < 4.78 is 5.00. The lowest BCUT2D eigenvalue weighted by molar-refractivity contribution is 0.102. The summed E-state index contributed by atoms with van der Waals surface area (Å²) in [4.78, 5) is 15.0. The number of benzene rings is 1. The third-order valence-corrected chi connectivity index (χ3v) is 2.89. The maximum Gasteiger partial charge on any atom is 0.164 e. The molecule has 0 saturated carbocycles. The number of anilines is 1. The van der Waals surface area contributed by atoms with Crippen LogP contribution in [0.5, 0.6) is 0 Å². The van der Waals surface area contributed by atoms with E-state index in [1.807, 2.05) is 24.3 Å². The first-order valence-corrected chi connectivity index (χ1v) is 6.08. The van der Waals surface area contributed by atoms with Crippen molar-refractivity contribution in [3.63, 3.8) is 0 Å². The van der Waals surface area contributed by atoms with Gasteiger partial charge in [-0.2, -0.15) is 0 Å². The second kappa shape index (κ2) is 5.69. The van der Waals surface area contributed by atoms with E-state index in [1.54, 1.807) is 14.0 Å². The summed E-state index contributed by atoms with van der Waals surface area (Å²) in [6.07, 6.45) is 0.906. The molecule has 0 unspecified atom stereocenters. The van der Waals surface area contributed by atoms with Gasteiger partial charge in [-0.15, -0.1) is 0 Å². The lowest BCUT2D eigenvalue weighted by atomic mass is 10.1. The van der Waals surface area contributed by atoms with Gasteiger partial charge in [0.2, 0.25) is 0 Å². The number of rotatable bonds is 6. The Kier molecular flexibility index (Phi) is 3.99. The molecule has 0 atom stereocenters. The molecule has 0 aliphatic carbocycles. The van der Waals surface area contributed by atoms with Gasteiger partial charge in [0.25, 0.3) is 0 Å². The van der Waals surface area contributed by atoms with E-state index in [0.717, 1.165) is 35.2 Å². The maximum atomic E-state index is 11.7. The number of aromatic nitrogens is 1. The van der Waals surface area contributed by atoms with E-state index in [2.05, 4.69) is 10.3 Å². The lowest BCUT2D eigenvalue weighted by Gasteiger charge is -2.05. The highest BCUT2D eigenvalue weighted by molar-refractivity contribution is 6.11. The van der Waals surface area contributed by atoms with Gasteiger partial charge in [0.1, 0.15) is 5.82 Å². The highest BCUT2D eigenvalue weighted by atomic mass is 16.5. The summed E-state index contributed by atoms with van der Waals surface area (Å²) in [7, 11) is 1.68. The number of hydrogen-bond donors (Lipinski definition) is 2. The van der Waals surface area contributed by atoms with E-state index in [9.17, 15) is 4.79 Å². The van der Waals surface area contributed by atoms with Crippen molar-refractivity contribution in [2.75, 3.05) is 25.6 Å². The van der Waals surface area contributed by atoms with E-state index < -0.39 is 0 Å². The first-order valence-electron chi connectivity index (χ1n) is 6.08. The normalized spacial score (nSPS) is 10.8. The average molecular weight is 246 g/mol. The van der Waals surface area contributed by atoms with E-state index in [0.29, 0.717) is 6.61 Å². The number of hydrogen-bond acceptors (Lipinski definition) is 3. The number of ether oxygens (including phenoxy) is 1. The number of carbonyl (C=O) groups is 1. The minimum absolute atomic E-state index is 0.0710. The SMILES string of the molecule is COCCCNc1[nH]c2ccccc2c1C(C)=O. The fraction of sp³-hybridized carbons (Fsp3) is 0.357. The van der Waals surface area contributed by atoms with Crippen LogP contribution in [0.1, 0.15) is 23.7 Å². The molecule has 2 rings (SSSR count). The minimum atomic E-state index is 0.0710. The monoisotopic (exact) mass is 246 g/mol. The van der Waals surface area contributed by atoms with Crippen LogP contribution in [0, 0.1) is 0 Å². The minimum Gasteiger partial charge on any atom is -0.385 e. The molecule has 0 saturated heterocycles. The summed E-state index contributed by atoms with van der Waals surface area (Å²) in [5, 5.41) is 4.23. The lowest BCUT2D eigenvalue weighted by Crippen LogP contribution is -2.07. The summed E-state index contributed by atoms with van der Waals surface area (Å²) in [6, 6.07) is 7.83. The Balaban J connectivity index is 2.25. The van der Waals surface area contributed by atoms with Crippen LogP contribution >= 0.6 is 0 Å². The highest BCUT2D eigenvalue weighted by Crippen LogP contribution is 2.26. The van der Waals surface area contributed by atoms with Crippen LogP contribution < -0.4 is 5.32 Å². The number of carbonyl (C=O) groups excluding carboxylic acids is 1. The number of methoxy groups -OCH3 is 1. The smallest absolute Gasteiger partial charge is 0.164 e. The van der Waals surface area contributed by atoms with Gasteiger partial charge in [0.15, 0.2) is 5.78 Å². The van der Waals surface area contributed by atoms with Crippen LogP contribution in [0.25, 0.3) is 10.9 Å². The third kappa shape index (κ3) is 2.54. The number of aromatic amines is 1. The zero-order valence-electron chi connectivity index (χ0n) is 10.7. The Labute approximate surface area is 106 Å². The molecule has 4 nitrogen and oxygen atoms in total. The van der Waals surface area contributed by atoms with Gasteiger partial charge in [-0.25, -0.2) is 0 Å². The van der Waals surface area contributed by atoms with Crippen molar-refractivity contribution in [1.29, 1.82) is 0 Å². The molecule has 18 heavy (non-hydrogen) atoms. The highest BCUT2D eigenvalue weighted by Gasteiger charge is 2.14. The molecular formula is C14H18N2O2. The molecule has 1 aromatic heterocycles. The molecule has 0 fully saturated rings. The molecule has 0 spiro atoms. The summed E-state index contributed by atoms with van der Waals surface area (Å²) in [6.45, 7) is 3.08. The molecular weight excluding hydrogens is 228 g/mol. The number of Topliss-reactive ketones (excluding diaryl/α,β-unsaturated/α-hetero) is 1. The Morgan fingerprint density at radius 1 is 1.39 bits per heavy atom. The molecule has 96 valence electrons. The van der Waals surface area contributed by atoms with Gasteiger partial charge in [0.05, 0.1) is 5.56 Å². The van der Waals surface area contributed by atoms with Crippen molar-refractivity contribution >= 4 is 22.5 Å². The van der Waals surface area contributed by atoms with Crippen molar-refractivity contribution in [3.8, 4) is 0 Å². The molecule has 2 aromatic rings. The van der Waals surface area contributed by atoms with Crippen LogP contribution in [0.3, 0.4) is 0 Å². The average Bonchev–Trinajstić information content (AvgIpc) is 2.73. The molecule has 0 aliphatic rings. The first kappa shape index (κ1) is 12.6. The summed E-state index contributed by atoms with van der Waals surface area (Å²) >= 11 is 0. The molecule has 0 bridgehead atoms. The van der Waals surface area contributed by atoms with Gasteiger partial charge < -0.3 is 15.0 Å². The molecule has 0 aliphatic heterocycles. The van der Waals surface area contributed by atoms with Gasteiger partial charge in [0, 0.05) is 31.2 Å². The quantitative estimate of drug-likeness (QED) is 0.608. The van der Waals surface area contributed by atoms with Gasteiger partial charge in [-0.05, 0) is 19.4 Å². The van der Waals surface area contributed by atoms with Crippen molar-refractivity contribution in [1.82, 2.24) is 4.98 Å². The first-order chi connectivity index (χ1) is 8.74. The van der Waals surface area contributed by atoms with Crippen LogP contribution in [0.2, 0.25) is 0 Å². The van der Waals surface area contributed by atoms with Crippen LogP contribution in [0.15, 0.2) is 24.3 Å². The molecule has 1 heterocycles. The number of nitrogens with one attached hydrogen (secondary N) is 2. The number of fused-ring (bicyclic) bond motifs is 1. The van der Waals surface area contributed by atoms with Crippen LogP contribution in [-0.2, 0) is 4.74 Å². The van der Waals surface area contributed by atoms with E-state index in [4.69, 9.17) is 4.74 Å². The second-order valence-corrected chi connectivity index (χ2v) is 4.25. The zero-order chi connectivity index (χ0) is 13.0.